The molecule has 3 rings (SSSR count). The van der Waals surface area contributed by atoms with Crippen molar-refractivity contribution in [3.63, 3.8) is 0 Å². The minimum absolute atomic E-state index is 0.0960. The third kappa shape index (κ3) is 7.75. The zero-order valence-corrected chi connectivity index (χ0v) is 18.9. The Hall–Kier alpha value is -2.80. The van der Waals surface area contributed by atoms with Gasteiger partial charge in [-0.15, -0.1) is 11.8 Å². The predicted molar refractivity (Wildman–Crippen MR) is 124 cm³/mol. The van der Waals surface area contributed by atoms with Crippen LogP contribution in [0.15, 0.2) is 53.1 Å². The summed E-state index contributed by atoms with van der Waals surface area (Å²) in [5, 5.41) is 7.04. The number of methoxy groups -OCH3 is 1. The number of rotatable bonds is 12. The van der Waals surface area contributed by atoms with Crippen LogP contribution in [0.1, 0.15) is 36.3 Å². The number of thioether (sulfide) groups is 1. The number of aromatic nitrogens is 2. The second kappa shape index (κ2) is 12.2. The van der Waals surface area contributed by atoms with Gasteiger partial charge in [0, 0.05) is 24.3 Å². The number of ether oxygens (including phenoxy) is 1. The lowest BCUT2D eigenvalue weighted by Crippen LogP contribution is -2.26. The van der Waals surface area contributed by atoms with Crippen LogP contribution in [0.25, 0.3) is 11.4 Å². The van der Waals surface area contributed by atoms with Crippen LogP contribution >= 0.6 is 11.8 Å². The van der Waals surface area contributed by atoms with Crippen LogP contribution in [-0.4, -0.2) is 35.5 Å². The topological polar surface area (TPSA) is 77.3 Å². The van der Waals surface area contributed by atoms with E-state index in [0.29, 0.717) is 24.0 Å². The normalized spacial score (nSPS) is 10.8. The van der Waals surface area contributed by atoms with Crippen molar-refractivity contribution in [3.05, 3.63) is 65.5 Å². The second-order valence-corrected chi connectivity index (χ2v) is 8.37. The van der Waals surface area contributed by atoms with E-state index in [9.17, 15) is 4.79 Å². The van der Waals surface area contributed by atoms with Gasteiger partial charge in [-0.25, -0.2) is 0 Å². The number of amides is 1. The summed E-state index contributed by atoms with van der Waals surface area (Å²) in [6, 6.07) is 16.0. The van der Waals surface area contributed by atoms with Crippen molar-refractivity contribution >= 4 is 17.7 Å². The lowest BCUT2D eigenvalue weighted by molar-refractivity contribution is -0.118. The van der Waals surface area contributed by atoms with Crippen molar-refractivity contribution in [3.8, 4) is 17.1 Å². The molecule has 0 fully saturated rings. The molecule has 0 unspecified atom stereocenters. The van der Waals surface area contributed by atoms with E-state index in [1.807, 2.05) is 24.3 Å². The highest BCUT2D eigenvalue weighted by atomic mass is 32.2. The molecule has 1 amide bonds. The van der Waals surface area contributed by atoms with Gasteiger partial charge in [0.1, 0.15) is 5.75 Å². The summed E-state index contributed by atoms with van der Waals surface area (Å²) >= 11 is 1.64. The molecule has 0 aliphatic rings. The average Bonchev–Trinajstić information content (AvgIpc) is 3.25. The van der Waals surface area contributed by atoms with Crippen molar-refractivity contribution < 1.29 is 14.1 Å². The monoisotopic (exact) mass is 439 g/mol. The van der Waals surface area contributed by atoms with Crippen molar-refractivity contribution in [1.29, 1.82) is 0 Å². The molecule has 1 aromatic heterocycles. The van der Waals surface area contributed by atoms with Crippen LogP contribution < -0.4 is 10.1 Å². The number of carbonyl (C=O) groups excluding carboxylic acids is 1. The molecule has 3 aromatic rings. The number of aryl methyl sites for hydroxylation is 2. The summed E-state index contributed by atoms with van der Waals surface area (Å²) in [6.45, 7) is 2.78. The van der Waals surface area contributed by atoms with Gasteiger partial charge in [0.2, 0.25) is 17.6 Å². The first-order valence-corrected chi connectivity index (χ1v) is 11.7. The molecule has 2 aromatic carbocycles. The number of hydrogen-bond acceptors (Lipinski definition) is 6. The van der Waals surface area contributed by atoms with E-state index in [1.165, 1.54) is 11.1 Å². The SMILES string of the molecule is COc1ccc(-c2noc(CCCCCNC(=O)CSCc3cccc(C)c3)n2)cc1. The fraction of sp³-hybridized carbons (Fsp3) is 0.375. The third-order valence-corrected chi connectivity index (χ3v) is 5.79. The zero-order chi connectivity index (χ0) is 21.9. The summed E-state index contributed by atoms with van der Waals surface area (Å²) in [5.41, 5.74) is 3.41. The van der Waals surface area contributed by atoms with E-state index in [2.05, 4.69) is 46.6 Å². The van der Waals surface area contributed by atoms with E-state index in [0.717, 1.165) is 42.7 Å². The van der Waals surface area contributed by atoms with E-state index in [1.54, 1.807) is 18.9 Å². The lowest BCUT2D eigenvalue weighted by atomic mass is 10.2. The van der Waals surface area contributed by atoms with Crippen LogP contribution in [-0.2, 0) is 17.0 Å². The van der Waals surface area contributed by atoms with Gasteiger partial charge >= 0.3 is 0 Å². The Morgan fingerprint density at radius 2 is 1.97 bits per heavy atom. The number of nitrogens with one attached hydrogen (secondary N) is 1. The first-order chi connectivity index (χ1) is 15.1. The number of hydrogen-bond donors (Lipinski definition) is 1. The molecule has 1 heterocycles. The van der Waals surface area contributed by atoms with Gasteiger partial charge in [-0.2, -0.15) is 4.98 Å². The first-order valence-electron chi connectivity index (χ1n) is 10.5. The minimum Gasteiger partial charge on any atom is -0.497 e. The summed E-state index contributed by atoms with van der Waals surface area (Å²) in [5.74, 6) is 3.47. The van der Waals surface area contributed by atoms with E-state index in [4.69, 9.17) is 9.26 Å². The Kier molecular flexibility index (Phi) is 8.97. The predicted octanol–water partition coefficient (Wildman–Crippen LogP) is 4.82. The van der Waals surface area contributed by atoms with Crippen LogP contribution in [0.2, 0.25) is 0 Å². The van der Waals surface area contributed by atoms with Crippen LogP contribution in [0, 0.1) is 6.92 Å². The van der Waals surface area contributed by atoms with Crippen molar-refractivity contribution in [1.82, 2.24) is 15.5 Å². The van der Waals surface area contributed by atoms with Gasteiger partial charge in [0.15, 0.2) is 0 Å². The summed E-state index contributed by atoms with van der Waals surface area (Å²) in [6.07, 6.45) is 3.62. The highest BCUT2D eigenvalue weighted by Gasteiger charge is 2.09. The molecular formula is C24H29N3O3S. The van der Waals surface area contributed by atoms with Gasteiger partial charge < -0.3 is 14.6 Å². The summed E-state index contributed by atoms with van der Waals surface area (Å²) < 4.78 is 10.5. The Balaban J connectivity index is 1.26. The molecule has 0 aliphatic heterocycles. The minimum atomic E-state index is 0.0960. The standard InChI is InChI=1S/C24H29N3O3S/c1-18-7-6-8-19(15-18)16-31-17-22(28)25-14-5-3-4-9-23-26-24(27-30-23)20-10-12-21(29-2)13-11-20/h6-8,10-13,15H,3-5,9,14,16-17H2,1-2H3,(H,25,28). The molecule has 6 nitrogen and oxygen atoms in total. The van der Waals surface area contributed by atoms with Gasteiger partial charge in [0.25, 0.3) is 0 Å². The lowest BCUT2D eigenvalue weighted by Gasteiger charge is -2.05. The molecule has 0 saturated heterocycles. The van der Waals surface area contributed by atoms with Crippen LogP contribution in [0.4, 0.5) is 0 Å². The summed E-state index contributed by atoms with van der Waals surface area (Å²) in [4.78, 5) is 16.4. The maximum atomic E-state index is 12.0. The molecule has 0 radical (unpaired) electrons. The Morgan fingerprint density at radius 1 is 1.13 bits per heavy atom. The Bertz CT molecular complexity index is 957. The number of nitrogens with zero attached hydrogens (tertiary/aromatic N) is 2. The number of benzene rings is 2. The quantitative estimate of drug-likeness (QED) is 0.408. The second-order valence-electron chi connectivity index (χ2n) is 7.38. The smallest absolute Gasteiger partial charge is 0.230 e. The average molecular weight is 440 g/mol. The molecule has 1 N–H and O–H groups in total. The van der Waals surface area contributed by atoms with Gasteiger partial charge in [-0.1, -0.05) is 41.4 Å². The molecular weight excluding hydrogens is 410 g/mol. The molecule has 7 heteroatoms. The molecule has 0 aliphatic carbocycles. The Morgan fingerprint density at radius 3 is 2.74 bits per heavy atom. The van der Waals surface area contributed by atoms with Crippen LogP contribution in [0.3, 0.4) is 0 Å². The van der Waals surface area contributed by atoms with Crippen molar-refractivity contribution in [2.24, 2.45) is 0 Å². The van der Waals surface area contributed by atoms with Gasteiger partial charge in [-0.05, 0) is 49.6 Å². The fourth-order valence-corrected chi connectivity index (χ4v) is 3.94. The highest BCUT2D eigenvalue weighted by Crippen LogP contribution is 2.20. The molecule has 0 bridgehead atoms. The van der Waals surface area contributed by atoms with Crippen molar-refractivity contribution in [2.45, 2.75) is 38.4 Å². The number of carbonyl (C=O) groups is 1. The maximum absolute atomic E-state index is 12.0. The molecule has 0 saturated carbocycles. The zero-order valence-electron chi connectivity index (χ0n) is 18.1. The van der Waals surface area contributed by atoms with E-state index < -0.39 is 0 Å². The van der Waals surface area contributed by atoms with Crippen LogP contribution in [0.5, 0.6) is 5.75 Å². The molecule has 0 atom stereocenters. The third-order valence-electron chi connectivity index (χ3n) is 4.79. The molecule has 0 spiro atoms. The number of unbranched alkanes of at least 4 members (excludes halogenated alkanes) is 2. The summed E-state index contributed by atoms with van der Waals surface area (Å²) in [7, 11) is 1.64. The molecule has 164 valence electrons. The fourth-order valence-electron chi connectivity index (χ4n) is 3.13. The van der Waals surface area contributed by atoms with E-state index in [-0.39, 0.29) is 5.91 Å². The molecule has 31 heavy (non-hydrogen) atoms. The van der Waals surface area contributed by atoms with Gasteiger partial charge in [-0.3, -0.25) is 4.79 Å². The van der Waals surface area contributed by atoms with E-state index >= 15 is 0 Å². The highest BCUT2D eigenvalue weighted by molar-refractivity contribution is 7.99. The Labute approximate surface area is 187 Å². The van der Waals surface area contributed by atoms with Gasteiger partial charge in [0.05, 0.1) is 12.9 Å². The maximum Gasteiger partial charge on any atom is 0.230 e. The first kappa shape index (κ1) is 22.9. The largest absolute Gasteiger partial charge is 0.497 e. The van der Waals surface area contributed by atoms with Crippen molar-refractivity contribution in [2.75, 3.05) is 19.4 Å².